The summed E-state index contributed by atoms with van der Waals surface area (Å²) in [5.41, 5.74) is 1.58. The van der Waals surface area contributed by atoms with Crippen LogP contribution in [-0.4, -0.2) is 55.6 Å². The molecule has 1 atom stereocenters. The number of nitrogens with one attached hydrogen (secondary N) is 1. The van der Waals surface area contributed by atoms with Crippen LogP contribution in [0.2, 0.25) is 0 Å². The minimum atomic E-state index is -0.352. The minimum absolute atomic E-state index is 0.0781. The van der Waals surface area contributed by atoms with Crippen molar-refractivity contribution in [3.63, 3.8) is 0 Å². The Morgan fingerprint density at radius 1 is 1.10 bits per heavy atom. The van der Waals surface area contributed by atoms with Crippen molar-refractivity contribution in [2.24, 2.45) is 11.8 Å². The molecule has 0 aromatic carbocycles. The van der Waals surface area contributed by atoms with E-state index in [1.807, 2.05) is 11.8 Å². The first kappa shape index (κ1) is 22.7. The zero-order valence-corrected chi connectivity index (χ0v) is 18.9. The van der Waals surface area contributed by atoms with Crippen LogP contribution in [0, 0.1) is 11.8 Å². The second-order valence-electron chi connectivity index (χ2n) is 8.13. The van der Waals surface area contributed by atoms with Crippen molar-refractivity contribution in [1.82, 2.24) is 4.90 Å². The first-order valence-corrected chi connectivity index (χ1v) is 11.7. The summed E-state index contributed by atoms with van der Waals surface area (Å²) in [4.78, 5) is 40.4. The Kier molecular flexibility index (Phi) is 7.88. The van der Waals surface area contributed by atoms with Crippen LogP contribution in [-0.2, 0) is 31.9 Å². The molecule has 0 unspecified atom stereocenters. The van der Waals surface area contributed by atoms with Crippen molar-refractivity contribution in [2.45, 2.75) is 52.9 Å². The lowest BCUT2D eigenvalue weighted by Gasteiger charge is -2.30. The van der Waals surface area contributed by atoms with Crippen molar-refractivity contribution < 1.29 is 23.9 Å². The standard InChI is InChI=1S/C22H32N2O5S/c1-4-28-21(26)15-8-10-24(11-9-15)13-18(25)23-20-19(22(27)29-5-2)16-7-6-14(3)12-17(16)30-20/h14-15H,4-13H2,1-3H3,(H,23,25)/t14-/m0/s1. The van der Waals surface area contributed by atoms with Gasteiger partial charge in [-0.1, -0.05) is 6.92 Å². The predicted octanol–water partition coefficient (Wildman–Crippen LogP) is 3.26. The smallest absolute Gasteiger partial charge is 0.341 e. The summed E-state index contributed by atoms with van der Waals surface area (Å²) in [5.74, 6) is -0.128. The largest absolute Gasteiger partial charge is 0.466 e. The van der Waals surface area contributed by atoms with Gasteiger partial charge in [-0.3, -0.25) is 14.5 Å². The summed E-state index contributed by atoms with van der Waals surface area (Å²) in [6.45, 7) is 8.13. The maximum absolute atomic E-state index is 12.7. The SMILES string of the molecule is CCOC(=O)c1c(NC(=O)CN2CCC(C(=O)OCC)CC2)sc2c1CC[C@H](C)C2. The van der Waals surface area contributed by atoms with Gasteiger partial charge in [-0.2, -0.15) is 0 Å². The van der Waals surface area contributed by atoms with E-state index in [9.17, 15) is 14.4 Å². The van der Waals surface area contributed by atoms with Gasteiger partial charge in [0.05, 0.1) is 31.2 Å². The van der Waals surface area contributed by atoms with Crippen LogP contribution in [0.15, 0.2) is 0 Å². The number of esters is 2. The highest BCUT2D eigenvalue weighted by Gasteiger charge is 2.30. The number of hydrogen-bond donors (Lipinski definition) is 1. The number of hydrogen-bond acceptors (Lipinski definition) is 7. The maximum Gasteiger partial charge on any atom is 0.341 e. The summed E-state index contributed by atoms with van der Waals surface area (Å²) in [7, 11) is 0. The molecule has 1 aliphatic heterocycles. The number of piperidine rings is 1. The Hall–Kier alpha value is -1.93. The number of rotatable bonds is 7. The van der Waals surface area contributed by atoms with E-state index in [-0.39, 0.29) is 30.3 Å². The van der Waals surface area contributed by atoms with Gasteiger partial charge in [0.1, 0.15) is 5.00 Å². The number of likely N-dealkylation sites (tertiary alicyclic amines) is 1. The number of amides is 1. The molecular weight excluding hydrogens is 404 g/mol. The van der Waals surface area contributed by atoms with Gasteiger partial charge in [0.15, 0.2) is 0 Å². The summed E-state index contributed by atoms with van der Waals surface area (Å²) >= 11 is 1.51. The Bertz CT molecular complexity index is 783. The van der Waals surface area contributed by atoms with Crippen LogP contribution in [0.3, 0.4) is 0 Å². The van der Waals surface area contributed by atoms with Crippen LogP contribution in [0.4, 0.5) is 5.00 Å². The van der Waals surface area contributed by atoms with Gasteiger partial charge in [0, 0.05) is 4.88 Å². The van der Waals surface area contributed by atoms with Crippen molar-refractivity contribution in [1.29, 1.82) is 0 Å². The number of fused-ring (bicyclic) bond motifs is 1. The van der Waals surface area contributed by atoms with E-state index in [1.54, 1.807) is 6.92 Å². The molecule has 166 valence electrons. The molecule has 0 bridgehead atoms. The molecule has 1 N–H and O–H groups in total. The van der Waals surface area contributed by atoms with Crippen molar-refractivity contribution >= 4 is 34.2 Å². The third-order valence-electron chi connectivity index (χ3n) is 5.82. The molecule has 3 rings (SSSR count). The molecule has 2 aliphatic rings. The first-order valence-electron chi connectivity index (χ1n) is 10.9. The molecule has 30 heavy (non-hydrogen) atoms. The molecule has 1 aromatic heterocycles. The lowest BCUT2D eigenvalue weighted by atomic mass is 9.88. The van der Waals surface area contributed by atoms with Crippen LogP contribution >= 0.6 is 11.3 Å². The normalized spacial score (nSPS) is 19.8. The van der Waals surface area contributed by atoms with Crippen LogP contribution in [0.1, 0.15) is 60.8 Å². The first-order chi connectivity index (χ1) is 14.4. The topological polar surface area (TPSA) is 84.9 Å². The number of ether oxygens (including phenoxy) is 2. The average molecular weight is 437 g/mol. The van der Waals surface area contributed by atoms with Gasteiger partial charge in [0.2, 0.25) is 5.91 Å². The summed E-state index contributed by atoms with van der Waals surface area (Å²) < 4.78 is 10.4. The molecule has 8 heteroatoms. The lowest BCUT2D eigenvalue weighted by Crippen LogP contribution is -2.41. The highest BCUT2D eigenvalue weighted by molar-refractivity contribution is 7.17. The van der Waals surface area contributed by atoms with Crippen LogP contribution in [0.5, 0.6) is 0 Å². The number of carbonyl (C=O) groups excluding carboxylic acids is 3. The van der Waals surface area contributed by atoms with Gasteiger partial charge < -0.3 is 14.8 Å². The zero-order chi connectivity index (χ0) is 21.7. The maximum atomic E-state index is 12.7. The van der Waals surface area contributed by atoms with Crippen LogP contribution in [0.25, 0.3) is 0 Å². The van der Waals surface area contributed by atoms with Gasteiger partial charge in [-0.05, 0) is 70.5 Å². The Morgan fingerprint density at radius 3 is 2.47 bits per heavy atom. The second kappa shape index (κ2) is 10.4. The van der Waals surface area contributed by atoms with E-state index in [0.29, 0.717) is 55.6 Å². The van der Waals surface area contributed by atoms with Gasteiger partial charge in [0.25, 0.3) is 0 Å². The number of carbonyl (C=O) groups is 3. The van der Waals surface area contributed by atoms with E-state index in [4.69, 9.17) is 9.47 Å². The van der Waals surface area contributed by atoms with Gasteiger partial charge in [-0.15, -0.1) is 11.3 Å². The molecule has 1 fully saturated rings. The van der Waals surface area contributed by atoms with Crippen LogP contribution < -0.4 is 5.32 Å². The summed E-state index contributed by atoms with van der Waals surface area (Å²) in [6, 6.07) is 0. The van der Waals surface area contributed by atoms with Gasteiger partial charge in [-0.25, -0.2) is 4.79 Å². The molecule has 0 spiro atoms. The van der Waals surface area contributed by atoms with Crippen molar-refractivity contribution in [3.05, 3.63) is 16.0 Å². The molecule has 7 nitrogen and oxygen atoms in total. The molecule has 0 saturated carbocycles. The summed E-state index contributed by atoms with van der Waals surface area (Å²) in [6.07, 6.45) is 4.22. The Labute approximate surface area is 182 Å². The molecule has 1 saturated heterocycles. The second-order valence-corrected chi connectivity index (χ2v) is 9.23. The molecular formula is C22H32N2O5S. The van der Waals surface area contributed by atoms with Crippen molar-refractivity contribution in [2.75, 3.05) is 38.2 Å². The third-order valence-corrected chi connectivity index (χ3v) is 6.99. The Morgan fingerprint density at radius 2 is 1.80 bits per heavy atom. The molecule has 0 radical (unpaired) electrons. The monoisotopic (exact) mass is 436 g/mol. The lowest BCUT2D eigenvalue weighted by molar-refractivity contribution is -0.149. The number of thiophene rings is 1. The van der Waals surface area contributed by atoms with Gasteiger partial charge >= 0.3 is 11.9 Å². The van der Waals surface area contributed by atoms with E-state index in [1.165, 1.54) is 16.2 Å². The van der Waals surface area contributed by atoms with Crippen molar-refractivity contribution in [3.8, 4) is 0 Å². The fourth-order valence-electron chi connectivity index (χ4n) is 4.21. The Balaban J connectivity index is 1.63. The molecule has 1 amide bonds. The van der Waals surface area contributed by atoms with E-state index in [2.05, 4.69) is 12.2 Å². The highest BCUT2D eigenvalue weighted by atomic mass is 32.1. The minimum Gasteiger partial charge on any atom is -0.466 e. The van der Waals surface area contributed by atoms with E-state index >= 15 is 0 Å². The van der Waals surface area contributed by atoms with E-state index in [0.717, 1.165) is 24.8 Å². The molecule has 1 aromatic rings. The summed E-state index contributed by atoms with van der Waals surface area (Å²) in [5, 5.41) is 3.58. The highest BCUT2D eigenvalue weighted by Crippen LogP contribution is 2.40. The third kappa shape index (κ3) is 5.40. The fourth-order valence-corrected chi connectivity index (χ4v) is 5.63. The molecule has 1 aliphatic carbocycles. The predicted molar refractivity (Wildman–Crippen MR) is 116 cm³/mol. The number of anilines is 1. The molecule has 2 heterocycles. The van der Waals surface area contributed by atoms with E-state index < -0.39 is 0 Å². The quantitative estimate of drug-likeness (QED) is 0.661. The zero-order valence-electron chi connectivity index (χ0n) is 18.1. The fraction of sp³-hybridized carbons (Fsp3) is 0.682. The number of nitrogens with zero attached hydrogens (tertiary/aromatic N) is 1. The average Bonchev–Trinajstić information content (AvgIpc) is 3.05.